The van der Waals surface area contributed by atoms with E-state index in [-0.39, 0.29) is 0 Å². The Morgan fingerprint density at radius 2 is 1.94 bits per heavy atom. The van der Waals surface area contributed by atoms with Gasteiger partial charge in [0.15, 0.2) is 6.29 Å². The van der Waals surface area contributed by atoms with E-state index < -0.39 is 0 Å². The molecule has 0 aliphatic rings. The number of aryl methyl sites for hydroxylation is 1. The minimum Gasteiger partial charge on any atom is -0.347 e. The Bertz CT molecular complexity index is 540. The zero-order valence-corrected chi connectivity index (χ0v) is 10.4. The van der Waals surface area contributed by atoms with Crippen LogP contribution in [0.3, 0.4) is 0 Å². The van der Waals surface area contributed by atoms with Gasteiger partial charge < -0.3 is 4.57 Å². The van der Waals surface area contributed by atoms with Crippen LogP contribution in [-0.2, 0) is 7.05 Å². The van der Waals surface area contributed by atoms with Crippen LogP contribution >= 0.6 is 11.8 Å². The zero-order valence-electron chi connectivity index (χ0n) is 9.59. The van der Waals surface area contributed by atoms with Gasteiger partial charge in [-0.1, -0.05) is 36.5 Å². The Balaban J connectivity index is 2.24. The van der Waals surface area contributed by atoms with E-state index in [1.54, 1.807) is 11.8 Å². The minimum absolute atomic E-state index is 0.711. The van der Waals surface area contributed by atoms with Crippen LogP contribution in [0.25, 0.3) is 6.08 Å². The first-order valence-corrected chi connectivity index (χ1v) is 6.07. The number of benzene rings is 1. The number of nitrogens with zero attached hydrogens (tertiary/aromatic N) is 1. The summed E-state index contributed by atoms with van der Waals surface area (Å²) in [6.45, 7) is 3.72. The lowest BCUT2D eigenvalue weighted by molar-refractivity contribution is 0.111. The third kappa shape index (κ3) is 2.50. The first-order valence-electron chi connectivity index (χ1n) is 5.25. The van der Waals surface area contributed by atoms with Crippen LogP contribution in [0, 0.1) is 0 Å². The lowest BCUT2D eigenvalue weighted by Crippen LogP contribution is -1.93. The third-order valence-corrected chi connectivity index (χ3v) is 3.61. The van der Waals surface area contributed by atoms with Gasteiger partial charge in [-0.25, -0.2) is 0 Å². The van der Waals surface area contributed by atoms with Crippen molar-refractivity contribution in [2.45, 2.75) is 9.79 Å². The summed E-state index contributed by atoms with van der Waals surface area (Å²) in [7, 11) is 1.87. The van der Waals surface area contributed by atoms with Crippen molar-refractivity contribution in [2.24, 2.45) is 7.05 Å². The Morgan fingerprint density at radius 1 is 1.24 bits per heavy atom. The normalized spacial score (nSPS) is 10.2. The average molecular weight is 243 g/mol. The summed E-state index contributed by atoms with van der Waals surface area (Å²) in [6, 6.07) is 10.0. The molecule has 0 bridgehead atoms. The van der Waals surface area contributed by atoms with Gasteiger partial charge >= 0.3 is 0 Å². The number of hydrogen-bond donors (Lipinski definition) is 0. The molecule has 0 fully saturated rings. The molecule has 1 heterocycles. The Kier molecular flexibility index (Phi) is 3.49. The first-order chi connectivity index (χ1) is 8.24. The van der Waals surface area contributed by atoms with Crippen LogP contribution < -0.4 is 0 Å². The zero-order chi connectivity index (χ0) is 12.3. The molecule has 2 rings (SSSR count). The van der Waals surface area contributed by atoms with E-state index in [9.17, 15) is 4.79 Å². The fraction of sp³-hybridized carbons (Fsp3) is 0.0714. The average Bonchev–Trinajstić information content (AvgIpc) is 2.71. The predicted molar refractivity (Wildman–Crippen MR) is 71.5 cm³/mol. The molecule has 0 saturated heterocycles. The van der Waals surface area contributed by atoms with Gasteiger partial charge in [-0.3, -0.25) is 4.79 Å². The van der Waals surface area contributed by atoms with E-state index in [1.807, 2.05) is 54.2 Å². The second-order valence-electron chi connectivity index (χ2n) is 3.67. The van der Waals surface area contributed by atoms with Crippen molar-refractivity contribution in [3.63, 3.8) is 0 Å². The van der Waals surface area contributed by atoms with Gasteiger partial charge in [-0.15, -0.1) is 0 Å². The van der Waals surface area contributed by atoms with Crippen molar-refractivity contribution in [1.29, 1.82) is 0 Å². The van der Waals surface area contributed by atoms with E-state index in [0.717, 1.165) is 21.6 Å². The van der Waals surface area contributed by atoms with Crippen molar-refractivity contribution in [1.82, 2.24) is 4.57 Å². The monoisotopic (exact) mass is 243 g/mol. The molecule has 1 aromatic carbocycles. The standard InChI is InChI=1S/C14H13NOS/c1-3-11-4-6-12(7-5-11)17-14-8-9-15(2)13(14)10-16/h3-10H,1H2,2H3. The van der Waals surface area contributed by atoms with Crippen molar-refractivity contribution in [2.75, 3.05) is 0 Å². The number of carbonyl (C=O) groups excluding carboxylic acids is 1. The second-order valence-corrected chi connectivity index (χ2v) is 4.78. The Hall–Kier alpha value is -1.74. The molecule has 86 valence electrons. The molecule has 2 nitrogen and oxygen atoms in total. The molecule has 2 aromatic rings. The van der Waals surface area contributed by atoms with Crippen molar-refractivity contribution in [3.8, 4) is 0 Å². The van der Waals surface area contributed by atoms with Gasteiger partial charge in [0.2, 0.25) is 0 Å². The van der Waals surface area contributed by atoms with Crippen LogP contribution in [0.5, 0.6) is 0 Å². The molecular formula is C14H13NOS. The highest BCUT2D eigenvalue weighted by molar-refractivity contribution is 7.99. The minimum atomic E-state index is 0.711. The SMILES string of the molecule is C=Cc1ccc(Sc2ccn(C)c2C=O)cc1. The fourth-order valence-electron chi connectivity index (χ4n) is 1.55. The van der Waals surface area contributed by atoms with E-state index in [4.69, 9.17) is 0 Å². The molecule has 0 aliphatic carbocycles. The van der Waals surface area contributed by atoms with E-state index >= 15 is 0 Å². The van der Waals surface area contributed by atoms with E-state index in [1.165, 1.54) is 0 Å². The third-order valence-electron chi connectivity index (χ3n) is 2.54. The van der Waals surface area contributed by atoms with Gasteiger partial charge in [0.25, 0.3) is 0 Å². The van der Waals surface area contributed by atoms with Crippen molar-refractivity contribution >= 4 is 24.1 Å². The Morgan fingerprint density at radius 3 is 2.53 bits per heavy atom. The summed E-state index contributed by atoms with van der Waals surface area (Å²) >= 11 is 1.59. The maximum atomic E-state index is 11.0. The molecule has 0 aliphatic heterocycles. The quantitative estimate of drug-likeness (QED) is 0.765. The van der Waals surface area contributed by atoms with Gasteiger partial charge in [-0.2, -0.15) is 0 Å². The predicted octanol–water partition coefficient (Wildman–Crippen LogP) is 3.63. The summed E-state index contributed by atoms with van der Waals surface area (Å²) in [6.07, 6.45) is 4.60. The maximum Gasteiger partial charge on any atom is 0.167 e. The first kappa shape index (κ1) is 11.7. The molecule has 0 atom stereocenters. The molecule has 0 amide bonds. The van der Waals surface area contributed by atoms with Crippen LogP contribution in [0.1, 0.15) is 16.1 Å². The number of rotatable bonds is 4. The van der Waals surface area contributed by atoms with Crippen LogP contribution in [0.4, 0.5) is 0 Å². The van der Waals surface area contributed by atoms with E-state index in [2.05, 4.69) is 6.58 Å². The van der Waals surface area contributed by atoms with E-state index in [0.29, 0.717) is 5.69 Å². The highest BCUT2D eigenvalue weighted by atomic mass is 32.2. The summed E-state index contributed by atoms with van der Waals surface area (Å²) in [5.41, 5.74) is 1.81. The fourth-order valence-corrected chi connectivity index (χ4v) is 2.50. The molecule has 0 radical (unpaired) electrons. The molecule has 3 heteroatoms. The number of aldehydes is 1. The van der Waals surface area contributed by atoms with Gasteiger partial charge in [-0.05, 0) is 23.8 Å². The van der Waals surface area contributed by atoms with Gasteiger partial charge in [0.1, 0.15) is 0 Å². The highest BCUT2D eigenvalue weighted by Gasteiger charge is 2.07. The topological polar surface area (TPSA) is 22.0 Å². The molecule has 0 saturated carbocycles. The highest BCUT2D eigenvalue weighted by Crippen LogP contribution is 2.30. The maximum absolute atomic E-state index is 11.0. The molecule has 0 N–H and O–H groups in total. The van der Waals surface area contributed by atoms with Crippen LogP contribution in [0.2, 0.25) is 0 Å². The number of aromatic nitrogens is 1. The summed E-state index contributed by atoms with van der Waals surface area (Å²) < 4.78 is 1.83. The van der Waals surface area contributed by atoms with Crippen molar-refractivity contribution in [3.05, 3.63) is 54.4 Å². The smallest absolute Gasteiger partial charge is 0.167 e. The molecule has 0 spiro atoms. The molecular weight excluding hydrogens is 230 g/mol. The number of carbonyl (C=O) groups is 1. The lowest BCUT2D eigenvalue weighted by Gasteiger charge is -2.02. The van der Waals surface area contributed by atoms with Gasteiger partial charge in [0.05, 0.1) is 5.69 Å². The lowest BCUT2D eigenvalue weighted by atomic mass is 10.2. The summed E-state index contributed by atoms with van der Waals surface area (Å²) in [5, 5.41) is 0. The summed E-state index contributed by atoms with van der Waals surface area (Å²) in [5.74, 6) is 0. The Labute approximate surface area is 105 Å². The van der Waals surface area contributed by atoms with Crippen molar-refractivity contribution < 1.29 is 4.79 Å². The molecule has 1 aromatic heterocycles. The second kappa shape index (κ2) is 5.06. The molecule has 17 heavy (non-hydrogen) atoms. The summed E-state index contributed by atoms with van der Waals surface area (Å²) in [4.78, 5) is 13.0. The largest absolute Gasteiger partial charge is 0.347 e. The van der Waals surface area contributed by atoms with Gasteiger partial charge in [0, 0.05) is 23.0 Å². The number of hydrogen-bond acceptors (Lipinski definition) is 2. The molecule has 0 unspecified atom stereocenters. The van der Waals surface area contributed by atoms with Crippen LogP contribution in [-0.4, -0.2) is 10.9 Å². The van der Waals surface area contributed by atoms with Crippen LogP contribution in [0.15, 0.2) is 52.9 Å².